The van der Waals surface area contributed by atoms with E-state index in [1.54, 1.807) is 11.3 Å². The second-order valence-electron chi connectivity index (χ2n) is 4.81. The quantitative estimate of drug-likeness (QED) is 0.897. The summed E-state index contributed by atoms with van der Waals surface area (Å²) in [6.45, 7) is 5.68. The smallest absolute Gasteiger partial charge is 0.186 e. The average molecular weight is 254 g/mol. The van der Waals surface area contributed by atoms with Crippen molar-refractivity contribution in [1.82, 2.24) is 4.98 Å². The van der Waals surface area contributed by atoms with Gasteiger partial charge in [0.2, 0.25) is 0 Å². The Hall–Kier alpha value is -0.610. The van der Waals surface area contributed by atoms with Crippen LogP contribution in [0.15, 0.2) is 0 Å². The Kier molecular flexibility index (Phi) is 4.40. The summed E-state index contributed by atoms with van der Waals surface area (Å²) in [5.74, 6) is 0. The number of aliphatic hydroxyl groups excluding tert-OH is 1. The highest BCUT2D eigenvalue weighted by molar-refractivity contribution is 7.15. The van der Waals surface area contributed by atoms with Gasteiger partial charge in [-0.05, 0) is 32.6 Å². The molecule has 0 amide bonds. The number of aryl methyl sites for hydroxylation is 1. The van der Waals surface area contributed by atoms with Gasteiger partial charge in [0.15, 0.2) is 5.13 Å². The van der Waals surface area contributed by atoms with Gasteiger partial charge in [0.05, 0.1) is 17.2 Å². The summed E-state index contributed by atoms with van der Waals surface area (Å²) in [6, 6.07) is 0.593. The molecule has 0 spiro atoms. The number of hydrogen-bond acceptors (Lipinski definition) is 4. The summed E-state index contributed by atoms with van der Waals surface area (Å²) in [6.07, 6.45) is 5.93. The lowest BCUT2D eigenvalue weighted by molar-refractivity contribution is 0.284. The molecule has 1 saturated heterocycles. The van der Waals surface area contributed by atoms with E-state index in [1.165, 1.54) is 19.3 Å². The Morgan fingerprint density at radius 2 is 2.29 bits per heavy atom. The van der Waals surface area contributed by atoms with Crippen molar-refractivity contribution < 1.29 is 5.11 Å². The van der Waals surface area contributed by atoms with Crippen LogP contribution >= 0.6 is 11.3 Å². The molecule has 1 aromatic heterocycles. The topological polar surface area (TPSA) is 36.4 Å². The molecule has 0 bridgehead atoms. The molecule has 3 nitrogen and oxygen atoms in total. The number of nitrogens with zero attached hydrogens (tertiary/aromatic N) is 2. The van der Waals surface area contributed by atoms with E-state index in [0.29, 0.717) is 6.04 Å². The van der Waals surface area contributed by atoms with Crippen LogP contribution in [0.25, 0.3) is 0 Å². The van der Waals surface area contributed by atoms with E-state index in [2.05, 4.69) is 18.7 Å². The van der Waals surface area contributed by atoms with Gasteiger partial charge in [0, 0.05) is 12.6 Å². The van der Waals surface area contributed by atoms with Crippen LogP contribution in [0.2, 0.25) is 0 Å². The van der Waals surface area contributed by atoms with Crippen LogP contribution < -0.4 is 4.90 Å². The van der Waals surface area contributed by atoms with Gasteiger partial charge >= 0.3 is 0 Å². The highest BCUT2D eigenvalue weighted by Gasteiger charge is 2.22. The third-order valence-electron chi connectivity index (χ3n) is 3.45. The Bertz CT molecular complexity index is 364. The normalized spacial score (nSPS) is 20.9. The van der Waals surface area contributed by atoms with Crippen LogP contribution in [0.4, 0.5) is 5.13 Å². The first-order valence-corrected chi connectivity index (χ1v) is 7.44. The fourth-order valence-corrected chi connectivity index (χ4v) is 3.53. The van der Waals surface area contributed by atoms with E-state index in [4.69, 9.17) is 4.98 Å². The zero-order valence-corrected chi connectivity index (χ0v) is 11.6. The molecule has 4 heteroatoms. The molecule has 0 radical (unpaired) electrons. The molecule has 2 heterocycles. The third kappa shape index (κ3) is 2.80. The maximum atomic E-state index is 9.37. The van der Waals surface area contributed by atoms with E-state index in [0.717, 1.165) is 35.1 Å². The highest BCUT2D eigenvalue weighted by atomic mass is 32.1. The molecular weight excluding hydrogens is 232 g/mol. The summed E-state index contributed by atoms with van der Waals surface area (Å²) in [5, 5.41) is 10.5. The van der Waals surface area contributed by atoms with E-state index >= 15 is 0 Å². The minimum Gasteiger partial charge on any atom is -0.391 e. The van der Waals surface area contributed by atoms with Gasteiger partial charge in [0.25, 0.3) is 0 Å². The number of anilines is 1. The number of piperidine rings is 1. The van der Waals surface area contributed by atoms with Crippen molar-refractivity contribution in [2.75, 3.05) is 11.4 Å². The van der Waals surface area contributed by atoms with Gasteiger partial charge in [-0.3, -0.25) is 0 Å². The lowest BCUT2D eigenvalue weighted by Gasteiger charge is -2.33. The Balaban J connectivity index is 2.19. The van der Waals surface area contributed by atoms with E-state index in [9.17, 15) is 5.11 Å². The first kappa shape index (κ1) is 12.8. The fourth-order valence-electron chi connectivity index (χ4n) is 2.43. The van der Waals surface area contributed by atoms with Crippen LogP contribution in [0, 0.1) is 0 Å². The van der Waals surface area contributed by atoms with Crippen molar-refractivity contribution in [2.45, 2.75) is 58.6 Å². The van der Waals surface area contributed by atoms with Crippen LogP contribution in [-0.2, 0) is 13.0 Å². The van der Waals surface area contributed by atoms with Crippen LogP contribution in [-0.4, -0.2) is 22.7 Å². The largest absolute Gasteiger partial charge is 0.391 e. The number of hydrogen-bond donors (Lipinski definition) is 1. The maximum Gasteiger partial charge on any atom is 0.186 e. The zero-order chi connectivity index (χ0) is 12.3. The van der Waals surface area contributed by atoms with Crippen molar-refractivity contribution in [3.8, 4) is 0 Å². The molecule has 17 heavy (non-hydrogen) atoms. The number of aliphatic hydroxyl groups is 1. The molecule has 1 atom stereocenters. The monoisotopic (exact) mass is 254 g/mol. The SMILES string of the molecule is CCCc1nc(N2CCCCC2C)sc1CO. The van der Waals surface area contributed by atoms with E-state index < -0.39 is 0 Å². The van der Waals surface area contributed by atoms with E-state index in [1.807, 2.05) is 0 Å². The van der Waals surface area contributed by atoms with Crippen molar-refractivity contribution in [2.24, 2.45) is 0 Å². The van der Waals surface area contributed by atoms with Crippen molar-refractivity contribution >= 4 is 16.5 Å². The van der Waals surface area contributed by atoms with Crippen molar-refractivity contribution in [3.63, 3.8) is 0 Å². The van der Waals surface area contributed by atoms with Crippen LogP contribution in [0.5, 0.6) is 0 Å². The molecule has 96 valence electrons. The molecule has 1 unspecified atom stereocenters. The lowest BCUT2D eigenvalue weighted by Crippen LogP contribution is -2.37. The van der Waals surface area contributed by atoms with Gasteiger partial charge in [-0.2, -0.15) is 0 Å². The Labute approximate surface area is 107 Å². The molecule has 0 aromatic carbocycles. The van der Waals surface area contributed by atoms with Gasteiger partial charge in [0.1, 0.15) is 0 Å². The molecule has 1 aliphatic heterocycles. The minimum absolute atomic E-state index is 0.134. The van der Waals surface area contributed by atoms with Gasteiger partial charge in [-0.1, -0.05) is 24.7 Å². The molecule has 1 fully saturated rings. The number of thiazole rings is 1. The molecule has 1 aromatic rings. The fraction of sp³-hybridized carbons (Fsp3) is 0.769. The number of aromatic nitrogens is 1. The Morgan fingerprint density at radius 3 is 2.94 bits per heavy atom. The summed E-state index contributed by atoms with van der Waals surface area (Å²) in [5.41, 5.74) is 1.10. The minimum atomic E-state index is 0.134. The molecule has 1 aliphatic rings. The van der Waals surface area contributed by atoms with Crippen LogP contribution in [0.3, 0.4) is 0 Å². The lowest BCUT2D eigenvalue weighted by atomic mass is 10.0. The van der Waals surface area contributed by atoms with Gasteiger partial charge in [-0.25, -0.2) is 4.98 Å². The van der Waals surface area contributed by atoms with Crippen LogP contribution in [0.1, 0.15) is 50.1 Å². The molecular formula is C13H22N2OS. The summed E-state index contributed by atoms with van der Waals surface area (Å²) < 4.78 is 0. The predicted molar refractivity (Wildman–Crippen MR) is 72.7 cm³/mol. The molecule has 1 N–H and O–H groups in total. The highest BCUT2D eigenvalue weighted by Crippen LogP contribution is 2.31. The number of rotatable bonds is 4. The maximum absolute atomic E-state index is 9.37. The van der Waals surface area contributed by atoms with Crippen molar-refractivity contribution in [1.29, 1.82) is 0 Å². The molecule has 2 rings (SSSR count). The zero-order valence-electron chi connectivity index (χ0n) is 10.8. The summed E-state index contributed by atoms with van der Waals surface area (Å²) in [4.78, 5) is 8.19. The second-order valence-corrected chi connectivity index (χ2v) is 5.87. The predicted octanol–water partition coefficient (Wildman–Crippen LogP) is 2.97. The molecule has 0 aliphatic carbocycles. The average Bonchev–Trinajstić information content (AvgIpc) is 2.73. The van der Waals surface area contributed by atoms with Gasteiger partial charge < -0.3 is 10.0 Å². The van der Waals surface area contributed by atoms with Gasteiger partial charge in [-0.15, -0.1) is 0 Å². The second kappa shape index (κ2) is 5.83. The van der Waals surface area contributed by atoms with E-state index in [-0.39, 0.29) is 6.61 Å². The Morgan fingerprint density at radius 1 is 1.47 bits per heavy atom. The molecule has 0 saturated carbocycles. The third-order valence-corrected chi connectivity index (χ3v) is 4.57. The standard InChI is InChI=1S/C13H22N2OS/c1-3-6-11-12(9-16)17-13(14-11)15-8-5-4-7-10(15)2/h10,16H,3-9H2,1-2H3. The summed E-state index contributed by atoms with van der Waals surface area (Å²) >= 11 is 1.67. The first-order chi connectivity index (χ1) is 8.26. The van der Waals surface area contributed by atoms with Crippen molar-refractivity contribution in [3.05, 3.63) is 10.6 Å². The summed E-state index contributed by atoms with van der Waals surface area (Å²) in [7, 11) is 0. The first-order valence-electron chi connectivity index (χ1n) is 6.62.